The molecular weight excluding hydrogens is 260 g/mol. The van der Waals surface area contributed by atoms with E-state index in [1.807, 2.05) is 0 Å². The summed E-state index contributed by atoms with van der Waals surface area (Å²) in [6.45, 7) is 1.96. The van der Waals surface area contributed by atoms with E-state index in [0.29, 0.717) is 28.5 Å². The molecule has 0 radical (unpaired) electrons. The molecule has 0 spiro atoms. The molecular formula is C14H12N2O4. The van der Waals surface area contributed by atoms with Crippen LogP contribution in [-0.4, -0.2) is 24.0 Å². The molecule has 0 fully saturated rings. The van der Waals surface area contributed by atoms with Gasteiger partial charge in [-0.25, -0.2) is 0 Å². The van der Waals surface area contributed by atoms with Crippen LogP contribution in [0.25, 0.3) is 0 Å². The molecule has 0 N–H and O–H groups in total. The molecule has 1 aromatic carbocycles. The molecule has 20 heavy (non-hydrogen) atoms. The molecule has 0 unspecified atom stereocenters. The number of carbonyl (C=O) groups excluding carboxylic acids is 2. The van der Waals surface area contributed by atoms with Crippen molar-refractivity contribution in [2.75, 3.05) is 12.0 Å². The second kappa shape index (κ2) is 4.48. The lowest BCUT2D eigenvalue weighted by molar-refractivity contribution is -0.114. The number of ketones is 1. The number of fused-ring (bicyclic) bond motifs is 1. The largest absolute Gasteiger partial charge is 0.497 e. The number of amides is 1. The lowest BCUT2D eigenvalue weighted by Gasteiger charge is -2.15. The van der Waals surface area contributed by atoms with Gasteiger partial charge in [-0.1, -0.05) is 5.16 Å². The Labute approximate surface area is 114 Å². The van der Waals surface area contributed by atoms with Gasteiger partial charge >= 0.3 is 0 Å². The van der Waals surface area contributed by atoms with Gasteiger partial charge in [0.15, 0.2) is 0 Å². The Hall–Kier alpha value is -2.63. The number of methoxy groups -OCH3 is 1. The van der Waals surface area contributed by atoms with Crippen molar-refractivity contribution in [3.63, 3.8) is 0 Å². The first-order chi connectivity index (χ1) is 9.60. The third-order valence-corrected chi connectivity index (χ3v) is 3.18. The van der Waals surface area contributed by atoms with Crippen LogP contribution in [0.1, 0.15) is 21.8 Å². The molecule has 1 aliphatic rings. The van der Waals surface area contributed by atoms with Crippen LogP contribution in [0, 0.1) is 6.92 Å². The minimum atomic E-state index is -0.561. The van der Waals surface area contributed by atoms with Gasteiger partial charge in [-0.2, -0.15) is 0 Å². The quantitative estimate of drug-likeness (QED) is 0.795. The number of rotatable bonds is 3. The highest BCUT2D eigenvalue weighted by Crippen LogP contribution is 2.33. The Morgan fingerprint density at radius 3 is 2.75 bits per heavy atom. The van der Waals surface area contributed by atoms with Crippen LogP contribution in [0.15, 0.2) is 28.8 Å². The van der Waals surface area contributed by atoms with E-state index in [1.165, 1.54) is 12.0 Å². The highest BCUT2D eigenvalue weighted by atomic mass is 16.5. The predicted molar refractivity (Wildman–Crippen MR) is 69.8 cm³/mol. The number of Topliss-reactive ketones (excluding diaryl/α,β-unsaturated/α-hetero) is 1. The summed E-state index contributed by atoms with van der Waals surface area (Å²) in [6.07, 6.45) is 0. The van der Waals surface area contributed by atoms with Gasteiger partial charge in [0, 0.05) is 12.1 Å². The second-order valence-electron chi connectivity index (χ2n) is 4.53. The van der Waals surface area contributed by atoms with Crippen molar-refractivity contribution in [2.24, 2.45) is 0 Å². The van der Waals surface area contributed by atoms with Crippen LogP contribution in [-0.2, 0) is 11.3 Å². The molecule has 102 valence electrons. The number of benzene rings is 1. The number of aryl methyl sites for hydroxylation is 1. The van der Waals surface area contributed by atoms with Gasteiger partial charge in [-0.3, -0.25) is 14.5 Å². The van der Waals surface area contributed by atoms with Crippen molar-refractivity contribution < 1.29 is 18.8 Å². The number of aromatic nitrogens is 1. The Kier molecular flexibility index (Phi) is 2.78. The van der Waals surface area contributed by atoms with Gasteiger partial charge in [-0.15, -0.1) is 0 Å². The molecule has 2 aromatic rings. The molecule has 0 saturated heterocycles. The first-order valence-electron chi connectivity index (χ1n) is 6.06. The fourth-order valence-electron chi connectivity index (χ4n) is 2.21. The standard InChI is InChI=1S/C14H12N2O4/c1-8-5-9(15-20-8)7-16-12-6-10(19-2)3-4-11(12)13(17)14(16)18/h3-6H,7H2,1-2H3. The SMILES string of the molecule is COc1ccc2c(c1)N(Cc1cc(C)on1)C(=O)C2=O. The predicted octanol–water partition coefficient (Wildman–Crippen LogP) is 1.72. The summed E-state index contributed by atoms with van der Waals surface area (Å²) in [4.78, 5) is 25.4. The van der Waals surface area contributed by atoms with Crippen molar-refractivity contribution in [1.29, 1.82) is 0 Å². The van der Waals surface area contributed by atoms with E-state index in [4.69, 9.17) is 9.26 Å². The third kappa shape index (κ3) is 1.85. The lowest BCUT2D eigenvalue weighted by atomic mass is 10.1. The van der Waals surface area contributed by atoms with E-state index in [0.717, 1.165) is 0 Å². The maximum Gasteiger partial charge on any atom is 0.299 e. The monoisotopic (exact) mass is 272 g/mol. The van der Waals surface area contributed by atoms with Crippen molar-refractivity contribution in [3.05, 3.63) is 41.3 Å². The normalized spacial score (nSPS) is 13.8. The summed E-state index contributed by atoms with van der Waals surface area (Å²) in [6, 6.07) is 6.66. The Balaban J connectivity index is 2.00. The Bertz CT molecular complexity index is 705. The van der Waals surface area contributed by atoms with Crippen molar-refractivity contribution >= 4 is 17.4 Å². The molecule has 2 heterocycles. The number of anilines is 1. The van der Waals surface area contributed by atoms with Gasteiger partial charge < -0.3 is 9.26 Å². The average molecular weight is 272 g/mol. The van der Waals surface area contributed by atoms with E-state index in [-0.39, 0.29) is 6.54 Å². The first kappa shape index (κ1) is 12.4. The number of hydrogen-bond donors (Lipinski definition) is 0. The van der Waals surface area contributed by atoms with Crippen LogP contribution in [0.2, 0.25) is 0 Å². The van der Waals surface area contributed by atoms with Crippen LogP contribution in [0.5, 0.6) is 5.75 Å². The summed E-state index contributed by atoms with van der Waals surface area (Å²) in [5.41, 5.74) is 1.52. The molecule has 6 nitrogen and oxygen atoms in total. The van der Waals surface area contributed by atoms with E-state index < -0.39 is 11.7 Å². The van der Waals surface area contributed by atoms with E-state index in [2.05, 4.69) is 5.16 Å². The van der Waals surface area contributed by atoms with Crippen LogP contribution in [0.3, 0.4) is 0 Å². The number of nitrogens with zero attached hydrogens (tertiary/aromatic N) is 2. The molecule has 3 rings (SSSR count). The maximum atomic E-state index is 12.1. The number of ether oxygens (including phenoxy) is 1. The van der Waals surface area contributed by atoms with Crippen LogP contribution >= 0.6 is 0 Å². The molecule has 0 bridgehead atoms. The summed E-state index contributed by atoms with van der Waals surface area (Å²) in [5.74, 6) is 0.174. The topological polar surface area (TPSA) is 72.6 Å². The van der Waals surface area contributed by atoms with Gasteiger partial charge in [0.2, 0.25) is 0 Å². The first-order valence-corrected chi connectivity index (χ1v) is 6.06. The summed E-state index contributed by atoms with van der Waals surface area (Å²) < 4.78 is 10.1. The molecule has 0 saturated carbocycles. The summed E-state index contributed by atoms with van der Waals surface area (Å²) in [5, 5.41) is 3.84. The Morgan fingerprint density at radius 1 is 1.30 bits per heavy atom. The Morgan fingerprint density at radius 2 is 2.10 bits per heavy atom. The van der Waals surface area contributed by atoms with Gasteiger partial charge in [0.05, 0.1) is 24.9 Å². The molecule has 1 amide bonds. The van der Waals surface area contributed by atoms with Crippen LogP contribution in [0.4, 0.5) is 5.69 Å². The van der Waals surface area contributed by atoms with Crippen LogP contribution < -0.4 is 9.64 Å². The third-order valence-electron chi connectivity index (χ3n) is 3.18. The smallest absolute Gasteiger partial charge is 0.299 e. The molecule has 1 aromatic heterocycles. The van der Waals surface area contributed by atoms with E-state index in [1.54, 1.807) is 31.2 Å². The lowest BCUT2D eigenvalue weighted by Crippen LogP contribution is -2.29. The second-order valence-corrected chi connectivity index (χ2v) is 4.53. The minimum absolute atomic E-state index is 0.197. The number of hydrogen-bond acceptors (Lipinski definition) is 5. The zero-order valence-electron chi connectivity index (χ0n) is 11.0. The van der Waals surface area contributed by atoms with Crippen molar-refractivity contribution in [2.45, 2.75) is 13.5 Å². The van der Waals surface area contributed by atoms with E-state index >= 15 is 0 Å². The zero-order chi connectivity index (χ0) is 14.3. The van der Waals surface area contributed by atoms with Crippen molar-refractivity contribution in [1.82, 2.24) is 5.16 Å². The van der Waals surface area contributed by atoms with Gasteiger partial charge in [0.25, 0.3) is 11.7 Å². The maximum absolute atomic E-state index is 12.1. The highest BCUT2D eigenvalue weighted by molar-refractivity contribution is 6.52. The minimum Gasteiger partial charge on any atom is -0.497 e. The van der Waals surface area contributed by atoms with Gasteiger partial charge in [-0.05, 0) is 19.1 Å². The highest BCUT2D eigenvalue weighted by Gasteiger charge is 2.36. The van der Waals surface area contributed by atoms with E-state index in [9.17, 15) is 9.59 Å². The molecule has 0 aliphatic carbocycles. The molecule has 0 atom stereocenters. The van der Waals surface area contributed by atoms with Crippen molar-refractivity contribution in [3.8, 4) is 5.75 Å². The zero-order valence-corrected chi connectivity index (χ0v) is 11.0. The summed E-state index contributed by atoms with van der Waals surface area (Å²) >= 11 is 0. The summed E-state index contributed by atoms with van der Waals surface area (Å²) in [7, 11) is 1.53. The molecule has 1 aliphatic heterocycles. The fourth-order valence-corrected chi connectivity index (χ4v) is 2.21. The number of carbonyl (C=O) groups is 2. The average Bonchev–Trinajstić information content (AvgIpc) is 2.96. The van der Waals surface area contributed by atoms with Gasteiger partial charge in [0.1, 0.15) is 17.2 Å². The fraction of sp³-hybridized carbons (Fsp3) is 0.214. The molecule has 6 heteroatoms.